The van der Waals surface area contributed by atoms with Crippen LogP contribution in [-0.2, 0) is 47.8 Å². The number of carbonyl (C=O) groups excluding carboxylic acids is 9. The molecular formula is C46H76N8O11. The van der Waals surface area contributed by atoms with E-state index in [2.05, 4.69) is 42.5 Å². The van der Waals surface area contributed by atoms with Gasteiger partial charge < -0.3 is 52.0 Å². The third-order valence-electron chi connectivity index (χ3n) is 13.7. The first-order valence-corrected chi connectivity index (χ1v) is 23.3. The summed E-state index contributed by atoms with van der Waals surface area (Å²) in [6.45, 7) is 17.3. The van der Waals surface area contributed by atoms with Crippen molar-refractivity contribution in [2.24, 2.45) is 21.7 Å². The highest BCUT2D eigenvalue weighted by atomic mass is 16.6. The number of esters is 1. The van der Waals surface area contributed by atoms with E-state index in [0.717, 1.165) is 12.8 Å². The second-order valence-corrected chi connectivity index (χ2v) is 21.5. The van der Waals surface area contributed by atoms with Crippen molar-refractivity contribution in [2.75, 3.05) is 7.11 Å². The Kier molecular flexibility index (Phi) is 16.8. The van der Waals surface area contributed by atoms with Gasteiger partial charge in [0, 0.05) is 42.3 Å². The summed E-state index contributed by atoms with van der Waals surface area (Å²) in [4.78, 5) is 120. The van der Waals surface area contributed by atoms with E-state index in [0.29, 0.717) is 64.2 Å². The molecule has 0 unspecified atom stereocenters. The van der Waals surface area contributed by atoms with E-state index in [1.54, 1.807) is 20.8 Å². The molecule has 19 heteroatoms. The Balaban J connectivity index is 1.29. The number of hydrogen-bond donors (Lipinski definition) is 8. The fraction of sp³-hybridized carbons (Fsp3) is 0.804. The fourth-order valence-corrected chi connectivity index (χ4v) is 8.78. The summed E-state index contributed by atoms with van der Waals surface area (Å²) in [6, 6.07) is -3.63. The Labute approximate surface area is 383 Å². The van der Waals surface area contributed by atoms with Crippen LogP contribution >= 0.6 is 0 Å². The van der Waals surface area contributed by atoms with Crippen LogP contribution in [-0.4, -0.2) is 114 Å². The van der Waals surface area contributed by atoms with E-state index < -0.39 is 117 Å². The molecule has 0 radical (unpaired) electrons. The Morgan fingerprint density at radius 2 is 0.538 bits per heavy atom. The summed E-state index contributed by atoms with van der Waals surface area (Å²) in [5.41, 5.74) is -6.65. The van der Waals surface area contributed by atoms with E-state index in [4.69, 9.17) is 9.47 Å². The molecule has 366 valence electrons. The average molecular weight is 917 g/mol. The fourth-order valence-electron chi connectivity index (χ4n) is 8.78. The van der Waals surface area contributed by atoms with Crippen molar-refractivity contribution >= 4 is 53.4 Å². The smallest absolute Gasteiger partial charge is 0.407 e. The first-order chi connectivity index (χ1) is 30.0. The van der Waals surface area contributed by atoms with Crippen molar-refractivity contribution in [3.8, 4) is 0 Å². The summed E-state index contributed by atoms with van der Waals surface area (Å²) in [7, 11) is 1.21. The van der Waals surface area contributed by atoms with Gasteiger partial charge in [-0.1, -0.05) is 0 Å². The standard InChI is InChI=1S/C46H76N8O11/c1-42(2,3)65-41(63)54-32-24-16-23-31(32)52-38(60)45(8,9)37(59)50-28-20-14-19-27(28)48-34(56)43(4,5)33(55)47-25-17-13-18-26(25)49-35(57)44(6,7)36(58)51-29-21-15-22-30(29)53-39(61)46(10,11)40(62)64-12/h25-32H,13-24H2,1-12H3,(H,47,55)(H,48,56)(H,49,57)(H,50,59)(H,51,58)(H,52,60)(H,53,61)(H,54,63)/t25-,26-,27-,28-,29-,30-,31-,32-/m1/s1. The predicted molar refractivity (Wildman–Crippen MR) is 239 cm³/mol. The quantitative estimate of drug-likeness (QED) is 0.0823. The molecule has 8 amide bonds. The van der Waals surface area contributed by atoms with Crippen LogP contribution in [0.2, 0.25) is 0 Å². The molecule has 8 atom stereocenters. The molecule has 4 fully saturated rings. The van der Waals surface area contributed by atoms with Crippen molar-refractivity contribution < 1.29 is 52.6 Å². The second kappa shape index (κ2) is 20.7. The van der Waals surface area contributed by atoms with Crippen LogP contribution in [0, 0.1) is 21.7 Å². The van der Waals surface area contributed by atoms with Crippen LogP contribution in [0.3, 0.4) is 0 Å². The molecule has 0 bridgehead atoms. The van der Waals surface area contributed by atoms with Crippen LogP contribution in [0.5, 0.6) is 0 Å². The molecule has 4 saturated carbocycles. The Morgan fingerprint density at radius 3 is 0.738 bits per heavy atom. The highest BCUT2D eigenvalue weighted by molar-refractivity contribution is 6.06. The zero-order chi connectivity index (χ0) is 48.9. The highest BCUT2D eigenvalue weighted by Gasteiger charge is 2.47. The lowest BCUT2D eigenvalue weighted by molar-refractivity contribution is -0.157. The van der Waals surface area contributed by atoms with Gasteiger partial charge in [0.05, 0.1) is 13.2 Å². The molecule has 0 heterocycles. The number of alkyl carbamates (subject to hydrolysis) is 1. The normalized spacial score (nSPS) is 26.0. The van der Waals surface area contributed by atoms with Crippen molar-refractivity contribution in [2.45, 2.75) is 207 Å². The van der Waals surface area contributed by atoms with Gasteiger partial charge in [-0.05, 0) is 153 Å². The van der Waals surface area contributed by atoms with Crippen LogP contribution < -0.4 is 42.5 Å². The molecule has 4 rings (SSSR count). The minimum absolute atomic E-state index is 0.346. The van der Waals surface area contributed by atoms with E-state index in [-0.39, 0.29) is 12.1 Å². The topological polar surface area (TPSA) is 268 Å². The van der Waals surface area contributed by atoms with Gasteiger partial charge in [-0.3, -0.25) is 38.4 Å². The molecule has 0 aliphatic heterocycles. The SMILES string of the molecule is COC(=O)C(C)(C)C(=O)N[C@@H]1CCC[C@H]1NC(=O)C(C)(C)C(=O)N[C@@H]1CCC[C@H]1NC(=O)C(C)(C)C(=O)N[C@@H]1CCC[C@H]1NC(=O)C(C)(C)C(=O)N[C@@H]1CCC[C@H]1NC(=O)OC(C)(C)C. The Bertz CT molecular complexity index is 1840. The van der Waals surface area contributed by atoms with Crippen LogP contribution in [0.25, 0.3) is 0 Å². The van der Waals surface area contributed by atoms with Gasteiger partial charge in [-0.2, -0.15) is 0 Å². The zero-order valence-electron chi connectivity index (χ0n) is 40.6. The van der Waals surface area contributed by atoms with Gasteiger partial charge >= 0.3 is 12.1 Å². The van der Waals surface area contributed by atoms with Gasteiger partial charge in [0.2, 0.25) is 41.4 Å². The van der Waals surface area contributed by atoms with E-state index >= 15 is 0 Å². The molecule has 0 aromatic rings. The molecule has 19 nitrogen and oxygen atoms in total. The van der Waals surface area contributed by atoms with E-state index in [1.807, 2.05) is 0 Å². The number of nitrogens with one attached hydrogen (secondary N) is 8. The number of amides is 8. The predicted octanol–water partition coefficient (Wildman–Crippen LogP) is 2.29. The average Bonchev–Trinajstić information content (AvgIpc) is 4.04. The Morgan fingerprint density at radius 1 is 0.338 bits per heavy atom. The van der Waals surface area contributed by atoms with Gasteiger partial charge in [-0.15, -0.1) is 0 Å². The highest BCUT2D eigenvalue weighted by Crippen LogP contribution is 2.29. The number of rotatable bonds is 16. The first-order valence-electron chi connectivity index (χ1n) is 23.3. The lowest BCUT2D eigenvalue weighted by Crippen LogP contribution is -2.60. The monoisotopic (exact) mass is 917 g/mol. The number of methoxy groups -OCH3 is 1. The second-order valence-electron chi connectivity index (χ2n) is 21.5. The van der Waals surface area contributed by atoms with Crippen molar-refractivity contribution in [1.82, 2.24) is 42.5 Å². The van der Waals surface area contributed by atoms with Crippen LogP contribution in [0.4, 0.5) is 4.79 Å². The number of carbonyl (C=O) groups is 9. The number of hydrogen-bond acceptors (Lipinski definition) is 11. The summed E-state index contributed by atoms with van der Waals surface area (Å²) in [5.74, 6) is -4.40. The number of ether oxygens (including phenoxy) is 2. The lowest BCUT2D eigenvalue weighted by atomic mass is 9.88. The molecule has 4 aliphatic rings. The summed E-state index contributed by atoms with van der Waals surface area (Å²) < 4.78 is 10.2. The van der Waals surface area contributed by atoms with Crippen molar-refractivity contribution in [1.29, 1.82) is 0 Å². The summed E-state index contributed by atoms with van der Waals surface area (Å²) in [6.07, 6.45) is 6.90. The molecular weight excluding hydrogens is 841 g/mol. The molecule has 0 aromatic heterocycles. The van der Waals surface area contributed by atoms with Crippen LogP contribution in [0.15, 0.2) is 0 Å². The lowest BCUT2D eigenvalue weighted by Gasteiger charge is -2.33. The third kappa shape index (κ3) is 12.9. The molecule has 4 aliphatic carbocycles. The minimum atomic E-state index is -1.54. The molecule has 0 spiro atoms. The molecule has 0 aromatic carbocycles. The maximum Gasteiger partial charge on any atom is 0.407 e. The maximum absolute atomic E-state index is 13.8. The van der Waals surface area contributed by atoms with E-state index in [9.17, 15) is 43.2 Å². The van der Waals surface area contributed by atoms with Gasteiger partial charge in [0.15, 0.2) is 0 Å². The maximum atomic E-state index is 13.8. The summed E-state index contributed by atoms with van der Waals surface area (Å²) >= 11 is 0. The summed E-state index contributed by atoms with van der Waals surface area (Å²) in [5, 5.41) is 23.4. The molecule has 8 N–H and O–H groups in total. The minimum Gasteiger partial charge on any atom is -0.468 e. The van der Waals surface area contributed by atoms with E-state index in [1.165, 1.54) is 62.5 Å². The Hall–Kier alpha value is -4.97. The third-order valence-corrected chi connectivity index (χ3v) is 13.7. The van der Waals surface area contributed by atoms with Gasteiger partial charge in [0.1, 0.15) is 27.3 Å². The van der Waals surface area contributed by atoms with Crippen molar-refractivity contribution in [3.63, 3.8) is 0 Å². The van der Waals surface area contributed by atoms with Gasteiger partial charge in [0.25, 0.3) is 0 Å². The van der Waals surface area contributed by atoms with Crippen LogP contribution in [0.1, 0.15) is 153 Å². The zero-order valence-corrected chi connectivity index (χ0v) is 40.6. The first kappa shape index (κ1) is 52.7. The largest absolute Gasteiger partial charge is 0.468 e. The van der Waals surface area contributed by atoms with Crippen molar-refractivity contribution in [3.05, 3.63) is 0 Å². The van der Waals surface area contributed by atoms with Gasteiger partial charge in [-0.25, -0.2) is 4.79 Å². The molecule has 0 saturated heterocycles. The molecule has 65 heavy (non-hydrogen) atoms.